The number of benzene rings is 4. The Bertz CT molecular complexity index is 1700. The van der Waals surface area contributed by atoms with E-state index in [1.165, 1.54) is 26.0 Å². The first-order valence-electron chi connectivity index (χ1n) is 13.8. The van der Waals surface area contributed by atoms with E-state index in [1.807, 2.05) is 43.3 Å². The smallest absolute Gasteiger partial charge is 0.272 e. The molecule has 0 spiro atoms. The van der Waals surface area contributed by atoms with Crippen LogP contribution in [0, 0.1) is 0 Å². The van der Waals surface area contributed by atoms with Crippen LogP contribution in [0.15, 0.2) is 106 Å². The molecule has 8 nitrogen and oxygen atoms in total. The Morgan fingerprint density at radius 1 is 0.889 bits per heavy atom. The molecule has 11 heteroatoms. The molecular formula is C34H31BrClN3O5S. The molecule has 0 saturated heterocycles. The fourth-order valence-corrected chi connectivity index (χ4v) is 5.69. The number of ether oxygens (including phenoxy) is 2. The Balaban J connectivity index is 1.50. The second kappa shape index (κ2) is 16.2. The van der Waals surface area contributed by atoms with Crippen LogP contribution in [0.4, 0.5) is 11.4 Å². The first kappa shape index (κ1) is 33.6. The topological polar surface area (TPSA) is 106 Å². The number of hydrogen-bond acceptors (Lipinski definition) is 6. The average molecular weight is 709 g/mol. The Hall–Kier alpha value is -4.25. The first-order chi connectivity index (χ1) is 21.7. The lowest BCUT2D eigenvalue weighted by molar-refractivity contribution is -0.116. The van der Waals surface area contributed by atoms with E-state index in [0.29, 0.717) is 39.9 Å². The Labute approximate surface area is 279 Å². The van der Waals surface area contributed by atoms with Crippen molar-refractivity contribution in [3.8, 4) is 11.5 Å². The maximum absolute atomic E-state index is 13.5. The standard InChI is InChI=1S/C34H31BrClN3O5S/c1-4-31(34(42)38-27-19-26(36)29(43-2)20-30(27)44-3)45-25-12-8-11-24(18-25)37-33(41)28(17-21-13-15-23(35)16-14-21)39-32(40)22-9-6-5-7-10-22/h5-20,31H,4H2,1-3H3,(H,37,41)(H,38,42)(H,39,40)/b28-17+. The van der Waals surface area contributed by atoms with Crippen LogP contribution < -0.4 is 25.4 Å². The number of nitrogens with one attached hydrogen (secondary N) is 3. The monoisotopic (exact) mass is 707 g/mol. The number of methoxy groups -OCH3 is 2. The van der Waals surface area contributed by atoms with E-state index in [0.717, 1.165) is 14.9 Å². The molecule has 1 atom stereocenters. The molecule has 3 N–H and O–H groups in total. The van der Waals surface area contributed by atoms with Crippen molar-refractivity contribution in [2.45, 2.75) is 23.5 Å². The fraction of sp³-hybridized carbons (Fsp3) is 0.147. The Kier molecular flexibility index (Phi) is 12.1. The minimum absolute atomic E-state index is 0.0714. The van der Waals surface area contributed by atoms with Gasteiger partial charge in [0.2, 0.25) is 5.91 Å². The van der Waals surface area contributed by atoms with Gasteiger partial charge in [0.25, 0.3) is 11.8 Å². The number of rotatable bonds is 12. The van der Waals surface area contributed by atoms with E-state index < -0.39 is 17.1 Å². The molecule has 4 aromatic rings. The van der Waals surface area contributed by atoms with E-state index in [-0.39, 0.29) is 11.6 Å². The summed E-state index contributed by atoms with van der Waals surface area (Å²) in [5.41, 5.74) is 2.15. The second-order valence-corrected chi connectivity index (χ2v) is 12.2. The van der Waals surface area contributed by atoms with Gasteiger partial charge < -0.3 is 25.4 Å². The lowest BCUT2D eigenvalue weighted by Crippen LogP contribution is -2.30. The number of hydrogen-bond donors (Lipinski definition) is 3. The molecule has 0 aliphatic heterocycles. The molecule has 4 aromatic carbocycles. The molecular weight excluding hydrogens is 678 g/mol. The summed E-state index contributed by atoms with van der Waals surface area (Å²) >= 11 is 11.0. The third kappa shape index (κ3) is 9.37. The highest BCUT2D eigenvalue weighted by Gasteiger charge is 2.21. The van der Waals surface area contributed by atoms with Crippen molar-refractivity contribution in [3.63, 3.8) is 0 Å². The predicted octanol–water partition coefficient (Wildman–Crippen LogP) is 8.04. The van der Waals surface area contributed by atoms with Crippen molar-refractivity contribution in [1.82, 2.24) is 5.32 Å². The molecule has 0 aromatic heterocycles. The van der Waals surface area contributed by atoms with Gasteiger partial charge in [-0.3, -0.25) is 14.4 Å². The SMILES string of the molecule is CCC(Sc1cccc(NC(=O)/C(=C\c2ccc(Br)cc2)NC(=O)c2ccccc2)c1)C(=O)Nc1cc(Cl)c(OC)cc1OC. The summed E-state index contributed by atoms with van der Waals surface area (Å²) in [7, 11) is 3.00. The zero-order valence-corrected chi connectivity index (χ0v) is 27.9. The first-order valence-corrected chi connectivity index (χ1v) is 15.9. The molecule has 0 bridgehead atoms. The summed E-state index contributed by atoms with van der Waals surface area (Å²) in [5, 5.41) is 8.40. The van der Waals surface area contributed by atoms with Gasteiger partial charge in [-0.15, -0.1) is 11.8 Å². The summed E-state index contributed by atoms with van der Waals surface area (Å²) in [6.45, 7) is 1.91. The largest absolute Gasteiger partial charge is 0.495 e. The van der Waals surface area contributed by atoms with Crippen LogP contribution in [0.2, 0.25) is 5.02 Å². The Morgan fingerprint density at radius 2 is 1.60 bits per heavy atom. The molecule has 3 amide bonds. The molecule has 4 rings (SSSR count). The molecule has 0 saturated carbocycles. The quantitative estimate of drug-likeness (QED) is 0.102. The lowest BCUT2D eigenvalue weighted by atomic mass is 10.1. The van der Waals surface area contributed by atoms with Crippen LogP contribution in [0.5, 0.6) is 11.5 Å². The van der Waals surface area contributed by atoms with Crippen molar-refractivity contribution in [3.05, 3.63) is 117 Å². The van der Waals surface area contributed by atoms with Gasteiger partial charge in [0.1, 0.15) is 17.2 Å². The van der Waals surface area contributed by atoms with Crippen LogP contribution in [-0.2, 0) is 9.59 Å². The van der Waals surface area contributed by atoms with Crippen LogP contribution >= 0.6 is 39.3 Å². The van der Waals surface area contributed by atoms with E-state index in [2.05, 4.69) is 31.9 Å². The van der Waals surface area contributed by atoms with E-state index in [9.17, 15) is 14.4 Å². The number of carbonyl (C=O) groups excluding carboxylic acids is 3. The molecule has 232 valence electrons. The fourth-order valence-electron chi connectivity index (χ4n) is 4.17. The predicted molar refractivity (Wildman–Crippen MR) is 184 cm³/mol. The van der Waals surface area contributed by atoms with Gasteiger partial charge in [0.05, 0.1) is 30.2 Å². The summed E-state index contributed by atoms with van der Waals surface area (Å²) in [4.78, 5) is 40.5. The molecule has 0 heterocycles. The van der Waals surface area contributed by atoms with E-state index in [4.69, 9.17) is 21.1 Å². The lowest BCUT2D eigenvalue weighted by Gasteiger charge is -2.18. The van der Waals surface area contributed by atoms with Crippen LogP contribution in [0.3, 0.4) is 0 Å². The van der Waals surface area contributed by atoms with E-state index in [1.54, 1.807) is 60.7 Å². The molecule has 0 aliphatic carbocycles. The Morgan fingerprint density at radius 3 is 2.27 bits per heavy atom. The third-order valence-corrected chi connectivity index (χ3v) is 8.66. The van der Waals surface area contributed by atoms with Crippen LogP contribution in [0.25, 0.3) is 6.08 Å². The molecule has 0 radical (unpaired) electrons. The van der Waals surface area contributed by atoms with Gasteiger partial charge >= 0.3 is 0 Å². The maximum atomic E-state index is 13.5. The van der Waals surface area contributed by atoms with Gasteiger partial charge in [-0.1, -0.05) is 70.9 Å². The highest BCUT2D eigenvalue weighted by Crippen LogP contribution is 2.37. The summed E-state index contributed by atoms with van der Waals surface area (Å²) in [6, 6.07) is 26.4. The van der Waals surface area contributed by atoms with Crippen molar-refractivity contribution >= 4 is 74.5 Å². The number of amides is 3. The molecule has 0 aliphatic rings. The van der Waals surface area contributed by atoms with Gasteiger partial charge in [0.15, 0.2) is 0 Å². The maximum Gasteiger partial charge on any atom is 0.272 e. The summed E-state index contributed by atoms with van der Waals surface area (Å²) in [6.07, 6.45) is 2.14. The molecule has 1 unspecified atom stereocenters. The van der Waals surface area contributed by atoms with Crippen molar-refractivity contribution < 1.29 is 23.9 Å². The highest BCUT2D eigenvalue weighted by atomic mass is 79.9. The van der Waals surface area contributed by atoms with Gasteiger partial charge in [-0.2, -0.15) is 0 Å². The van der Waals surface area contributed by atoms with Crippen LogP contribution in [-0.4, -0.2) is 37.2 Å². The minimum Gasteiger partial charge on any atom is -0.495 e. The van der Waals surface area contributed by atoms with Gasteiger partial charge in [0, 0.05) is 26.7 Å². The zero-order chi connectivity index (χ0) is 32.3. The van der Waals surface area contributed by atoms with Gasteiger partial charge in [-0.25, -0.2) is 0 Å². The van der Waals surface area contributed by atoms with Crippen LogP contribution in [0.1, 0.15) is 29.3 Å². The molecule has 0 fully saturated rings. The number of anilines is 2. The number of halogens is 2. The van der Waals surface area contributed by atoms with Crippen molar-refractivity contribution in [2.75, 3.05) is 24.9 Å². The summed E-state index contributed by atoms with van der Waals surface area (Å²) in [5.74, 6) is -0.302. The minimum atomic E-state index is -0.502. The number of thioether (sulfide) groups is 1. The normalized spacial score (nSPS) is 11.7. The number of carbonyl (C=O) groups is 3. The van der Waals surface area contributed by atoms with Crippen molar-refractivity contribution in [2.24, 2.45) is 0 Å². The van der Waals surface area contributed by atoms with E-state index >= 15 is 0 Å². The second-order valence-electron chi connectivity index (χ2n) is 9.60. The molecule has 45 heavy (non-hydrogen) atoms. The van der Waals surface area contributed by atoms with Crippen molar-refractivity contribution in [1.29, 1.82) is 0 Å². The zero-order valence-electron chi connectivity index (χ0n) is 24.7. The van der Waals surface area contributed by atoms with Gasteiger partial charge in [-0.05, 0) is 66.6 Å². The summed E-state index contributed by atoms with van der Waals surface area (Å²) < 4.78 is 11.5. The highest BCUT2D eigenvalue weighted by molar-refractivity contribution is 9.10. The third-order valence-electron chi connectivity index (χ3n) is 6.48. The average Bonchev–Trinajstić information content (AvgIpc) is 3.05.